The van der Waals surface area contributed by atoms with Gasteiger partial charge in [-0.15, -0.1) is 0 Å². The highest BCUT2D eigenvalue weighted by molar-refractivity contribution is 6.01. The maximum absolute atomic E-state index is 13.3. The molecule has 1 aliphatic heterocycles. The average molecular weight is 391 g/mol. The van der Waals surface area contributed by atoms with Gasteiger partial charge in [-0.3, -0.25) is 4.79 Å². The Balaban J connectivity index is 1.86. The molecule has 2 aliphatic rings. The van der Waals surface area contributed by atoms with Crippen LogP contribution in [0.2, 0.25) is 0 Å². The van der Waals surface area contributed by atoms with Crippen molar-refractivity contribution in [2.45, 2.75) is 59.1 Å². The SMILES string of the molecule is CCC(C)Oc1ccccc1C1Nc2ccccc2NC2=C1C(=O)CC(C)(C)C2. The topological polar surface area (TPSA) is 50.4 Å². The van der Waals surface area contributed by atoms with Gasteiger partial charge < -0.3 is 15.4 Å². The Morgan fingerprint density at radius 1 is 1.07 bits per heavy atom. The Hall–Kier alpha value is -2.75. The number of ketones is 1. The molecule has 0 saturated carbocycles. The number of carbonyl (C=O) groups is 1. The van der Waals surface area contributed by atoms with Gasteiger partial charge >= 0.3 is 0 Å². The Labute approximate surface area is 173 Å². The first-order chi connectivity index (χ1) is 13.9. The molecule has 4 nitrogen and oxygen atoms in total. The molecule has 2 unspecified atom stereocenters. The van der Waals surface area contributed by atoms with Crippen molar-refractivity contribution < 1.29 is 9.53 Å². The number of Topliss-reactive ketones (excluding diaryl/α,β-unsaturated/α-hetero) is 1. The van der Waals surface area contributed by atoms with E-state index in [1.165, 1.54) is 0 Å². The molecule has 0 spiro atoms. The molecule has 1 heterocycles. The highest BCUT2D eigenvalue weighted by Crippen LogP contribution is 2.46. The second-order valence-corrected chi connectivity index (χ2v) is 8.96. The molecule has 2 N–H and O–H groups in total. The normalized spacial score (nSPS) is 21.2. The van der Waals surface area contributed by atoms with Crippen molar-refractivity contribution in [1.29, 1.82) is 0 Å². The molecule has 152 valence electrons. The van der Waals surface area contributed by atoms with Crippen LogP contribution in [0.15, 0.2) is 59.8 Å². The minimum Gasteiger partial charge on any atom is -0.490 e. The minimum absolute atomic E-state index is 0.0561. The molecule has 29 heavy (non-hydrogen) atoms. The van der Waals surface area contributed by atoms with Crippen LogP contribution in [0.4, 0.5) is 11.4 Å². The number of allylic oxidation sites excluding steroid dienone is 1. The third kappa shape index (κ3) is 3.89. The number of para-hydroxylation sites is 3. The molecule has 2 aromatic carbocycles. The lowest BCUT2D eigenvalue weighted by molar-refractivity contribution is -0.118. The van der Waals surface area contributed by atoms with E-state index in [4.69, 9.17) is 4.74 Å². The number of hydrogen-bond donors (Lipinski definition) is 2. The second kappa shape index (κ2) is 7.58. The lowest BCUT2D eigenvalue weighted by Crippen LogP contribution is -2.31. The van der Waals surface area contributed by atoms with Gasteiger partial charge in [0.25, 0.3) is 0 Å². The molecule has 2 aromatic rings. The van der Waals surface area contributed by atoms with Crippen LogP contribution >= 0.6 is 0 Å². The molecule has 2 atom stereocenters. The first-order valence-electron chi connectivity index (χ1n) is 10.5. The summed E-state index contributed by atoms with van der Waals surface area (Å²) in [6.07, 6.45) is 2.44. The van der Waals surface area contributed by atoms with Crippen molar-refractivity contribution in [3.8, 4) is 5.75 Å². The summed E-state index contributed by atoms with van der Waals surface area (Å²) in [4.78, 5) is 13.3. The van der Waals surface area contributed by atoms with E-state index in [1.807, 2.05) is 30.3 Å². The van der Waals surface area contributed by atoms with Crippen molar-refractivity contribution in [3.05, 3.63) is 65.4 Å². The summed E-state index contributed by atoms with van der Waals surface area (Å²) in [6.45, 7) is 8.52. The van der Waals surface area contributed by atoms with Crippen LogP contribution in [-0.2, 0) is 4.79 Å². The lowest BCUT2D eigenvalue weighted by Gasteiger charge is -2.34. The van der Waals surface area contributed by atoms with Gasteiger partial charge in [0, 0.05) is 23.3 Å². The number of nitrogens with one attached hydrogen (secondary N) is 2. The van der Waals surface area contributed by atoms with E-state index < -0.39 is 0 Å². The zero-order valence-corrected chi connectivity index (χ0v) is 17.7. The Morgan fingerprint density at radius 2 is 1.76 bits per heavy atom. The molecular weight excluding hydrogens is 360 g/mol. The zero-order valence-electron chi connectivity index (χ0n) is 17.7. The summed E-state index contributed by atoms with van der Waals surface area (Å²) in [5.41, 5.74) is 4.81. The monoisotopic (exact) mass is 390 g/mol. The van der Waals surface area contributed by atoms with Crippen molar-refractivity contribution in [1.82, 2.24) is 0 Å². The molecule has 0 radical (unpaired) electrons. The van der Waals surface area contributed by atoms with Gasteiger partial charge in [0.2, 0.25) is 0 Å². The van der Waals surface area contributed by atoms with Gasteiger partial charge in [0.15, 0.2) is 5.78 Å². The Morgan fingerprint density at radius 3 is 2.52 bits per heavy atom. The van der Waals surface area contributed by atoms with E-state index in [-0.39, 0.29) is 23.3 Å². The fourth-order valence-corrected chi connectivity index (χ4v) is 4.25. The van der Waals surface area contributed by atoms with Gasteiger partial charge in [-0.2, -0.15) is 0 Å². The zero-order chi connectivity index (χ0) is 20.6. The van der Waals surface area contributed by atoms with Gasteiger partial charge in [0.05, 0.1) is 23.5 Å². The summed E-state index contributed by atoms with van der Waals surface area (Å²) in [5.74, 6) is 1.04. The number of carbonyl (C=O) groups excluding carboxylic acids is 1. The molecule has 0 fully saturated rings. The third-order valence-electron chi connectivity index (χ3n) is 5.85. The molecule has 0 aromatic heterocycles. The molecular formula is C25H30N2O2. The molecule has 0 saturated heterocycles. The quantitative estimate of drug-likeness (QED) is 0.664. The van der Waals surface area contributed by atoms with Crippen LogP contribution in [0.1, 0.15) is 58.6 Å². The summed E-state index contributed by atoms with van der Waals surface area (Å²) in [6, 6.07) is 16.0. The van der Waals surface area contributed by atoms with Crippen molar-refractivity contribution in [2.75, 3.05) is 10.6 Å². The largest absolute Gasteiger partial charge is 0.490 e. The Kier molecular flexibility index (Phi) is 5.12. The smallest absolute Gasteiger partial charge is 0.163 e. The molecule has 0 bridgehead atoms. The molecule has 4 rings (SSSR count). The van der Waals surface area contributed by atoms with E-state index in [0.717, 1.165) is 46.8 Å². The highest BCUT2D eigenvalue weighted by Gasteiger charge is 2.39. The summed E-state index contributed by atoms with van der Waals surface area (Å²) in [7, 11) is 0. The van der Waals surface area contributed by atoms with E-state index in [9.17, 15) is 4.79 Å². The number of anilines is 2. The van der Waals surface area contributed by atoms with Crippen molar-refractivity contribution in [3.63, 3.8) is 0 Å². The first kappa shape index (κ1) is 19.6. The van der Waals surface area contributed by atoms with Gasteiger partial charge in [-0.25, -0.2) is 0 Å². The van der Waals surface area contributed by atoms with Gasteiger partial charge in [-0.05, 0) is 43.4 Å². The summed E-state index contributed by atoms with van der Waals surface area (Å²) >= 11 is 0. The fourth-order valence-electron chi connectivity index (χ4n) is 4.25. The predicted molar refractivity (Wildman–Crippen MR) is 118 cm³/mol. The van der Waals surface area contributed by atoms with Gasteiger partial charge in [-0.1, -0.05) is 51.1 Å². The van der Waals surface area contributed by atoms with Crippen LogP contribution in [0.3, 0.4) is 0 Å². The third-order valence-corrected chi connectivity index (χ3v) is 5.85. The molecule has 4 heteroatoms. The number of rotatable bonds is 4. The lowest BCUT2D eigenvalue weighted by atomic mass is 9.73. The van der Waals surface area contributed by atoms with Gasteiger partial charge in [0.1, 0.15) is 5.75 Å². The maximum atomic E-state index is 13.3. The van der Waals surface area contributed by atoms with Crippen LogP contribution in [0, 0.1) is 5.41 Å². The van der Waals surface area contributed by atoms with Crippen molar-refractivity contribution >= 4 is 17.2 Å². The van der Waals surface area contributed by atoms with Crippen LogP contribution in [0.5, 0.6) is 5.75 Å². The van der Waals surface area contributed by atoms with Crippen LogP contribution in [0.25, 0.3) is 0 Å². The van der Waals surface area contributed by atoms with E-state index in [0.29, 0.717) is 6.42 Å². The number of fused-ring (bicyclic) bond motifs is 1. The summed E-state index contributed by atoms with van der Waals surface area (Å²) < 4.78 is 6.24. The fraction of sp³-hybridized carbons (Fsp3) is 0.400. The minimum atomic E-state index is -0.245. The number of benzene rings is 2. The van der Waals surface area contributed by atoms with Crippen LogP contribution in [-0.4, -0.2) is 11.9 Å². The van der Waals surface area contributed by atoms with E-state index in [1.54, 1.807) is 0 Å². The predicted octanol–water partition coefficient (Wildman–Crippen LogP) is 6.09. The number of hydrogen-bond acceptors (Lipinski definition) is 4. The standard InChI is InChI=1S/C25H30N2O2/c1-5-16(2)29-22-13-9-6-10-17(22)24-23-20(14-25(3,4)15-21(23)28)26-18-11-7-8-12-19(18)27-24/h6-13,16,24,26-27H,5,14-15H2,1-4H3. The van der Waals surface area contributed by atoms with E-state index in [2.05, 4.69) is 56.5 Å². The average Bonchev–Trinajstić information content (AvgIpc) is 2.83. The Bertz CT molecular complexity index is 961. The highest BCUT2D eigenvalue weighted by atomic mass is 16.5. The maximum Gasteiger partial charge on any atom is 0.163 e. The summed E-state index contributed by atoms with van der Waals surface area (Å²) in [5, 5.41) is 7.22. The molecule has 1 aliphatic carbocycles. The van der Waals surface area contributed by atoms with Crippen molar-refractivity contribution in [2.24, 2.45) is 5.41 Å². The molecule has 0 amide bonds. The van der Waals surface area contributed by atoms with E-state index >= 15 is 0 Å². The first-order valence-corrected chi connectivity index (χ1v) is 10.5. The second-order valence-electron chi connectivity index (χ2n) is 8.96. The van der Waals surface area contributed by atoms with Crippen LogP contribution < -0.4 is 15.4 Å². The number of ether oxygens (including phenoxy) is 1.